The third kappa shape index (κ3) is 4.44. The van der Waals surface area contributed by atoms with Crippen molar-refractivity contribution in [1.82, 2.24) is 20.2 Å². The second-order valence-electron chi connectivity index (χ2n) is 8.09. The van der Waals surface area contributed by atoms with E-state index in [2.05, 4.69) is 50.7 Å². The van der Waals surface area contributed by atoms with Crippen molar-refractivity contribution in [3.8, 4) is 17.0 Å². The van der Waals surface area contributed by atoms with E-state index in [-0.39, 0.29) is 11.7 Å². The molecule has 1 aliphatic rings. The molecule has 0 amide bonds. The number of piperazine rings is 1. The Kier molecular flexibility index (Phi) is 6.39. The fourth-order valence-corrected chi connectivity index (χ4v) is 4.09. The summed E-state index contributed by atoms with van der Waals surface area (Å²) in [5.41, 5.74) is 4.34. The molecule has 0 spiro atoms. The van der Waals surface area contributed by atoms with Crippen molar-refractivity contribution in [3.05, 3.63) is 53.5 Å². The van der Waals surface area contributed by atoms with Crippen LogP contribution < -0.4 is 14.5 Å². The topological polar surface area (TPSA) is 93.6 Å². The minimum atomic E-state index is -0.491. The Hall–Kier alpha value is -3.75. The monoisotopic (exact) mass is 448 g/mol. The Labute approximate surface area is 193 Å². The van der Waals surface area contributed by atoms with Gasteiger partial charge in [0, 0.05) is 31.2 Å². The summed E-state index contributed by atoms with van der Waals surface area (Å²) < 4.78 is 9.95. The lowest BCUT2D eigenvalue weighted by atomic mass is 10.0. The maximum absolute atomic E-state index is 11.6. The Bertz CT molecular complexity index is 1130. The van der Waals surface area contributed by atoms with Crippen LogP contribution in [-0.2, 0) is 4.74 Å². The maximum atomic E-state index is 11.6. The summed E-state index contributed by atoms with van der Waals surface area (Å²) in [4.78, 5) is 24.7. The van der Waals surface area contributed by atoms with Gasteiger partial charge in [0.05, 0.1) is 32.3 Å². The van der Waals surface area contributed by atoms with Crippen LogP contribution >= 0.6 is 0 Å². The lowest BCUT2D eigenvalue weighted by Crippen LogP contribution is -2.53. The zero-order valence-electron chi connectivity index (χ0n) is 19.6. The number of carbonyl (C=O) groups excluding carboxylic acids is 1. The molecule has 9 heteroatoms. The molecule has 1 aromatic carbocycles. The zero-order valence-corrected chi connectivity index (χ0v) is 19.6. The number of aromatic nitrogens is 4. The fraction of sp³-hybridized carbons (Fsp3) is 0.375. The summed E-state index contributed by atoms with van der Waals surface area (Å²) in [5, 5.41) is 9.17. The van der Waals surface area contributed by atoms with Gasteiger partial charge in [0.2, 0.25) is 0 Å². The average Bonchev–Trinajstić information content (AvgIpc) is 2.85. The second kappa shape index (κ2) is 9.40. The van der Waals surface area contributed by atoms with Crippen molar-refractivity contribution in [1.29, 1.82) is 0 Å². The van der Waals surface area contributed by atoms with Crippen molar-refractivity contribution >= 4 is 17.6 Å². The first kappa shape index (κ1) is 22.4. The number of hydrogen-bond acceptors (Lipinski definition) is 9. The number of ether oxygens (including phenoxy) is 2. The van der Waals surface area contributed by atoms with E-state index in [1.807, 2.05) is 24.3 Å². The third-order valence-electron chi connectivity index (χ3n) is 6.12. The number of rotatable bonds is 5. The molecule has 0 saturated carbocycles. The molecule has 1 fully saturated rings. The van der Waals surface area contributed by atoms with Crippen molar-refractivity contribution in [2.45, 2.75) is 26.8 Å². The van der Waals surface area contributed by atoms with Gasteiger partial charge in [-0.3, -0.25) is 0 Å². The highest BCUT2D eigenvalue weighted by atomic mass is 16.5. The molecule has 9 nitrogen and oxygen atoms in total. The molecule has 4 rings (SSSR count). The highest BCUT2D eigenvalue weighted by molar-refractivity contribution is 5.86. The largest absolute Gasteiger partial charge is 0.497 e. The Balaban J connectivity index is 1.50. The average molecular weight is 449 g/mol. The molecule has 1 atom stereocenters. The van der Waals surface area contributed by atoms with E-state index < -0.39 is 5.97 Å². The van der Waals surface area contributed by atoms with E-state index in [0.29, 0.717) is 0 Å². The van der Waals surface area contributed by atoms with Gasteiger partial charge in [0.25, 0.3) is 0 Å². The summed E-state index contributed by atoms with van der Waals surface area (Å²) in [6.07, 6.45) is 3.08. The smallest absolute Gasteiger partial charge is 0.358 e. The molecule has 0 unspecified atom stereocenters. The van der Waals surface area contributed by atoms with Crippen LogP contribution in [-0.4, -0.2) is 66.0 Å². The van der Waals surface area contributed by atoms with E-state index in [1.54, 1.807) is 13.3 Å². The molecule has 172 valence electrons. The Morgan fingerprint density at radius 1 is 1.00 bits per heavy atom. The lowest BCUT2D eigenvalue weighted by molar-refractivity contribution is 0.0593. The number of carbonyl (C=O) groups is 1. The highest BCUT2D eigenvalue weighted by Crippen LogP contribution is 2.30. The summed E-state index contributed by atoms with van der Waals surface area (Å²) in [5.74, 6) is 1.97. The molecule has 3 aromatic rings. The predicted molar refractivity (Wildman–Crippen MR) is 126 cm³/mol. The first-order chi connectivity index (χ1) is 15.9. The van der Waals surface area contributed by atoms with Crippen LogP contribution in [0.3, 0.4) is 0 Å². The van der Waals surface area contributed by atoms with E-state index in [1.165, 1.54) is 13.3 Å². The Morgan fingerprint density at radius 2 is 1.76 bits per heavy atom. The minimum absolute atomic E-state index is 0.180. The van der Waals surface area contributed by atoms with Gasteiger partial charge in [-0.05, 0) is 56.2 Å². The lowest BCUT2D eigenvalue weighted by Gasteiger charge is -2.41. The van der Waals surface area contributed by atoms with Crippen LogP contribution in [0.1, 0.15) is 28.5 Å². The van der Waals surface area contributed by atoms with Gasteiger partial charge in [-0.15, -0.1) is 10.2 Å². The molecule has 33 heavy (non-hydrogen) atoms. The van der Waals surface area contributed by atoms with Gasteiger partial charge in [-0.25, -0.2) is 14.8 Å². The third-order valence-corrected chi connectivity index (χ3v) is 6.12. The minimum Gasteiger partial charge on any atom is -0.497 e. The van der Waals surface area contributed by atoms with Crippen molar-refractivity contribution < 1.29 is 14.3 Å². The number of esters is 1. The van der Waals surface area contributed by atoms with E-state index >= 15 is 0 Å². The number of nitrogens with zero attached hydrogens (tertiary/aromatic N) is 6. The fourth-order valence-electron chi connectivity index (χ4n) is 4.09. The molecule has 0 N–H and O–H groups in total. The normalized spacial score (nSPS) is 16.0. The number of anilines is 2. The summed E-state index contributed by atoms with van der Waals surface area (Å²) >= 11 is 0. The quantitative estimate of drug-likeness (QED) is 0.546. The summed E-state index contributed by atoms with van der Waals surface area (Å²) in [6, 6.07) is 8.05. The predicted octanol–water partition coefficient (Wildman–Crippen LogP) is 3.06. The van der Waals surface area contributed by atoms with Gasteiger partial charge in [0.1, 0.15) is 11.6 Å². The van der Waals surface area contributed by atoms with Crippen molar-refractivity contribution in [2.75, 3.05) is 43.7 Å². The molecule has 1 aliphatic heterocycles. The highest BCUT2D eigenvalue weighted by Gasteiger charge is 2.28. The van der Waals surface area contributed by atoms with Gasteiger partial charge < -0.3 is 19.3 Å². The van der Waals surface area contributed by atoms with Crippen LogP contribution in [0.25, 0.3) is 11.3 Å². The number of hydrogen-bond donors (Lipinski definition) is 0. The van der Waals surface area contributed by atoms with Crippen LogP contribution in [0.5, 0.6) is 5.75 Å². The SMILES string of the molecule is COC(=O)c1cnc(N2CCN(c3nnc(-c4ccc(OC)cc4)c(C)c3C)C[C@H]2C)cn1. The van der Waals surface area contributed by atoms with Gasteiger partial charge in [-0.2, -0.15) is 0 Å². The molecule has 1 saturated heterocycles. The molecular formula is C24H28N6O3. The van der Waals surface area contributed by atoms with Gasteiger partial charge in [0.15, 0.2) is 11.5 Å². The number of methoxy groups -OCH3 is 2. The van der Waals surface area contributed by atoms with E-state index in [0.717, 1.165) is 59.4 Å². The second-order valence-corrected chi connectivity index (χ2v) is 8.09. The zero-order chi connectivity index (χ0) is 23.5. The maximum Gasteiger partial charge on any atom is 0.358 e. The molecular weight excluding hydrogens is 420 g/mol. The standard InChI is InChI=1S/C24H28N6O3/c1-15-14-29(10-11-30(15)21-13-25-20(12-26-21)24(31)33-5)23-17(3)16(2)22(27-28-23)18-6-8-19(32-4)9-7-18/h6-9,12-13,15H,10-11,14H2,1-5H3/t15-/m1/s1. The molecule has 0 bridgehead atoms. The van der Waals surface area contributed by atoms with E-state index in [4.69, 9.17) is 9.47 Å². The van der Waals surface area contributed by atoms with Gasteiger partial charge in [-0.1, -0.05) is 0 Å². The molecule has 0 radical (unpaired) electrons. The molecule has 3 heterocycles. The van der Waals surface area contributed by atoms with Crippen LogP contribution in [0.15, 0.2) is 36.7 Å². The summed E-state index contributed by atoms with van der Waals surface area (Å²) in [6.45, 7) is 8.64. The van der Waals surface area contributed by atoms with Crippen LogP contribution in [0.2, 0.25) is 0 Å². The summed E-state index contributed by atoms with van der Waals surface area (Å²) in [7, 11) is 2.99. The first-order valence-corrected chi connectivity index (χ1v) is 10.8. The molecule has 2 aromatic heterocycles. The first-order valence-electron chi connectivity index (χ1n) is 10.8. The van der Waals surface area contributed by atoms with Gasteiger partial charge >= 0.3 is 5.97 Å². The Morgan fingerprint density at radius 3 is 2.36 bits per heavy atom. The van der Waals surface area contributed by atoms with Crippen LogP contribution in [0, 0.1) is 13.8 Å². The van der Waals surface area contributed by atoms with E-state index in [9.17, 15) is 4.79 Å². The number of benzene rings is 1. The van der Waals surface area contributed by atoms with Crippen LogP contribution in [0.4, 0.5) is 11.6 Å². The molecule has 0 aliphatic carbocycles. The van der Waals surface area contributed by atoms with Crippen molar-refractivity contribution in [2.24, 2.45) is 0 Å². The van der Waals surface area contributed by atoms with Crippen molar-refractivity contribution in [3.63, 3.8) is 0 Å².